The molecule has 0 atom stereocenters. The monoisotopic (exact) mass is 242 g/mol. The molecule has 0 aromatic rings. The highest BCUT2D eigenvalue weighted by Gasteiger charge is 2.29. The van der Waals surface area contributed by atoms with Gasteiger partial charge in [-0.2, -0.15) is 13.2 Å². The van der Waals surface area contributed by atoms with Crippen LogP contribution in [-0.2, 0) is 4.74 Å². The van der Waals surface area contributed by atoms with Gasteiger partial charge in [-0.15, -0.1) is 0 Å². The van der Waals surface area contributed by atoms with Gasteiger partial charge in [0.25, 0.3) is 0 Å². The fourth-order valence-corrected chi connectivity index (χ4v) is 1.06. The molecular weight excluding hydrogens is 225 g/mol. The Morgan fingerprint density at radius 3 is 2.38 bits per heavy atom. The van der Waals surface area contributed by atoms with Gasteiger partial charge in [-0.1, -0.05) is 0 Å². The van der Waals surface area contributed by atoms with Gasteiger partial charge in [0.1, 0.15) is 6.54 Å². The Morgan fingerprint density at radius 1 is 1.44 bits per heavy atom. The van der Waals surface area contributed by atoms with Crippen LogP contribution >= 0.6 is 0 Å². The van der Waals surface area contributed by atoms with Crippen molar-refractivity contribution in [1.29, 1.82) is 0 Å². The van der Waals surface area contributed by atoms with Gasteiger partial charge in [-0.3, -0.25) is 0 Å². The second-order valence-corrected chi connectivity index (χ2v) is 3.55. The van der Waals surface area contributed by atoms with Crippen LogP contribution in [0.5, 0.6) is 0 Å². The summed E-state index contributed by atoms with van der Waals surface area (Å²) < 4.78 is 40.4. The molecule has 2 amide bonds. The van der Waals surface area contributed by atoms with Crippen molar-refractivity contribution in [2.24, 2.45) is 0 Å². The van der Waals surface area contributed by atoms with Gasteiger partial charge in [0, 0.05) is 19.7 Å². The Morgan fingerprint density at radius 2 is 2.00 bits per heavy atom. The number of nitrogens with zero attached hydrogens (tertiary/aromatic N) is 1. The average Bonchev–Trinajstić information content (AvgIpc) is 2.13. The summed E-state index contributed by atoms with van der Waals surface area (Å²) in [6.45, 7) is 2.68. The molecular formula is C9H17F3N2O2. The molecule has 0 aliphatic heterocycles. The van der Waals surface area contributed by atoms with Gasteiger partial charge >= 0.3 is 12.2 Å². The van der Waals surface area contributed by atoms with E-state index in [0.29, 0.717) is 0 Å². The zero-order valence-electron chi connectivity index (χ0n) is 9.60. The molecule has 0 heterocycles. The van der Waals surface area contributed by atoms with Crippen LogP contribution in [0.15, 0.2) is 0 Å². The first-order valence-electron chi connectivity index (χ1n) is 4.88. The van der Waals surface area contributed by atoms with E-state index in [4.69, 9.17) is 4.74 Å². The van der Waals surface area contributed by atoms with Crippen LogP contribution in [0.2, 0.25) is 0 Å². The Bertz CT molecular complexity index is 219. The minimum absolute atomic E-state index is 0.177. The van der Waals surface area contributed by atoms with Crippen LogP contribution in [0.1, 0.15) is 13.8 Å². The Balaban J connectivity index is 4.17. The summed E-state index contributed by atoms with van der Waals surface area (Å²) in [5, 5.41) is 1.82. The molecule has 0 radical (unpaired) electrons. The normalized spacial score (nSPS) is 11.7. The van der Waals surface area contributed by atoms with Gasteiger partial charge in [-0.05, 0) is 13.8 Å². The highest BCUT2D eigenvalue weighted by atomic mass is 19.4. The average molecular weight is 242 g/mol. The van der Waals surface area contributed by atoms with E-state index in [1.165, 1.54) is 12.0 Å². The zero-order valence-corrected chi connectivity index (χ0v) is 9.60. The van der Waals surface area contributed by atoms with Crippen molar-refractivity contribution < 1.29 is 22.7 Å². The topological polar surface area (TPSA) is 41.6 Å². The molecule has 0 aliphatic rings. The van der Waals surface area contributed by atoms with Crippen LogP contribution in [-0.4, -0.2) is 50.0 Å². The number of rotatable bonds is 5. The number of methoxy groups -OCH3 is 1. The standard InChI is InChI=1S/C9H17F3N2O2/c1-7(2)14(4-5-16-3)8(15)13-6-9(10,11)12/h7H,4-6H2,1-3H3,(H,13,15). The predicted molar refractivity (Wildman–Crippen MR) is 53.2 cm³/mol. The maximum Gasteiger partial charge on any atom is 0.405 e. The minimum Gasteiger partial charge on any atom is -0.383 e. The fraction of sp³-hybridized carbons (Fsp3) is 0.889. The maximum atomic E-state index is 11.9. The van der Waals surface area contributed by atoms with Crippen LogP contribution in [0.25, 0.3) is 0 Å². The number of alkyl halides is 3. The Kier molecular flexibility index (Phi) is 6.17. The van der Waals surface area contributed by atoms with Crippen molar-refractivity contribution in [2.75, 3.05) is 26.8 Å². The Hall–Kier alpha value is -0.980. The molecule has 16 heavy (non-hydrogen) atoms. The number of hydrogen-bond acceptors (Lipinski definition) is 2. The van der Waals surface area contributed by atoms with Crippen molar-refractivity contribution in [3.05, 3.63) is 0 Å². The molecule has 0 aliphatic carbocycles. The number of halogens is 3. The summed E-state index contributed by atoms with van der Waals surface area (Å²) in [6, 6.07) is -0.909. The van der Waals surface area contributed by atoms with E-state index in [2.05, 4.69) is 0 Å². The highest BCUT2D eigenvalue weighted by Crippen LogP contribution is 2.12. The van der Waals surface area contributed by atoms with Crippen LogP contribution in [0, 0.1) is 0 Å². The summed E-state index contributed by atoms with van der Waals surface area (Å²) in [5.41, 5.74) is 0. The van der Waals surface area contributed by atoms with Crippen molar-refractivity contribution in [1.82, 2.24) is 10.2 Å². The number of amides is 2. The second-order valence-electron chi connectivity index (χ2n) is 3.55. The first kappa shape index (κ1) is 15.0. The lowest BCUT2D eigenvalue weighted by Crippen LogP contribution is -2.47. The lowest BCUT2D eigenvalue weighted by Gasteiger charge is -2.26. The second kappa shape index (κ2) is 6.57. The molecule has 0 spiro atoms. The molecule has 7 heteroatoms. The first-order chi connectivity index (χ1) is 7.28. The third-order valence-electron chi connectivity index (χ3n) is 1.86. The molecule has 0 bridgehead atoms. The van der Waals surface area contributed by atoms with Crippen molar-refractivity contribution in [3.8, 4) is 0 Å². The van der Waals surface area contributed by atoms with E-state index in [0.717, 1.165) is 0 Å². The number of ether oxygens (including phenoxy) is 1. The number of hydrogen-bond donors (Lipinski definition) is 1. The Labute approximate surface area is 92.7 Å². The van der Waals surface area contributed by atoms with E-state index < -0.39 is 18.8 Å². The summed E-state index contributed by atoms with van der Waals surface area (Å²) in [4.78, 5) is 12.7. The number of nitrogens with one attached hydrogen (secondary N) is 1. The molecule has 0 fully saturated rings. The number of urea groups is 1. The van der Waals surface area contributed by atoms with E-state index in [1.54, 1.807) is 13.8 Å². The lowest BCUT2D eigenvalue weighted by molar-refractivity contribution is -0.123. The molecule has 96 valence electrons. The molecule has 0 aromatic carbocycles. The predicted octanol–water partition coefficient (Wildman–Crippen LogP) is 1.62. The van der Waals surface area contributed by atoms with Gasteiger partial charge in [0.2, 0.25) is 0 Å². The summed E-state index contributed by atoms with van der Waals surface area (Å²) in [7, 11) is 1.46. The van der Waals surface area contributed by atoms with E-state index >= 15 is 0 Å². The first-order valence-corrected chi connectivity index (χ1v) is 4.88. The van der Waals surface area contributed by atoms with Crippen molar-refractivity contribution in [3.63, 3.8) is 0 Å². The molecule has 0 unspecified atom stereocenters. The van der Waals surface area contributed by atoms with Gasteiger partial charge < -0.3 is 15.0 Å². The molecule has 0 aromatic heterocycles. The van der Waals surface area contributed by atoms with E-state index in [1.807, 2.05) is 5.32 Å². The molecule has 0 saturated carbocycles. The van der Waals surface area contributed by atoms with Crippen LogP contribution < -0.4 is 5.32 Å². The number of carbonyl (C=O) groups is 1. The zero-order chi connectivity index (χ0) is 12.8. The molecule has 4 nitrogen and oxygen atoms in total. The SMILES string of the molecule is COCCN(C(=O)NCC(F)(F)F)C(C)C. The van der Waals surface area contributed by atoms with Crippen LogP contribution in [0.4, 0.5) is 18.0 Å². The summed E-state index contributed by atoms with van der Waals surface area (Å²) in [6.07, 6.45) is -4.39. The number of carbonyl (C=O) groups excluding carboxylic acids is 1. The summed E-state index contributed by atoms with van der Waals surface area (Å²) >= 11 is 0. The van der Waals surface area contributed by atoms with E-state index in [-0.39, 0.29) is 19.2 Å². The molecule has 0 rings (SSSR count). The fourth-order valence-electron chi connectivity index (χ4n) is 1.06. The van der Waals surface area contributed by atoms with Crippen molar-refractivity contribution >= 4 is 6.03 Å². The van der Waals surface area contributed by atoms with Crippen molar-refractivity contribution in [2.45, 2.75) is 26.1 Å². The van der Waals surface area contributed by atoms with Gasteiger partial charge in [0.05, 0.1) is 6.61 Å². The van der Waals surface area contributed by atoms with Gasteiger partial charge in [0.15, 0.2) is 0 Å². The third kappa shape index (κ3) is 6.49. The van der Waals surface area contributed by atoms with E-state index in [9.17, 15) is 18.0 Å². The maximum absolute atomic E-state index is 11.9. The largest absolute Gasteiger partial charge is 0.405 e. The highest BCUT2D eigenvalue weighted by molar-refractivity contribution is 5.74. The smallest absolute Gasteiger partial charge is 0.383 e. The molecule has 0 saturated heterocycles. The quantitative estimate of drug-likeness (QED) is 0.795. The van der Waals surface area contributed by atoms with Crippen LogP contribution in [0.3, 0.4) is 0 Å². The minimum atomic E-state index is -4.39. The molecule has 1 N–H and O–H groups in total. The summed E-state index contributed by atoms with van der Waals surface area (Å²) in [5.74, 6) is 0. The third-order valence-corrected chi connectivity index (χ3v) is 1.86. The van der Waals surface area contributed by atoms with Gasteiger partial charge in [-0.25, -0.2) is 4.79 Å². The lowest BCUT2D eigenvalue weighted by atomic mass is 10.3.